The van der Waals surface area contributed by atoms with E-state index in [2.05, 4.69) is 22.1 Å². The van der Waals surface area contributed by atoms with Crippen molar-refractivity contribution in [2.24, 2.45) is 0 Å². The summed E-state index contributed by atoms with van der Waals surface area (Å²) in [4.78, 5) is 6.56. The summed E-state index contributed by atoms with van der Waals surface area (Å²) < 4.78 is 5.39. The molecule has 0 saturated carbocycles. The third-order valence-corrected chi connectivity index (χ3v) is 2.38. The molecule has 1 aromatic heterocycles. The van der Waals surface area contributed by atoms with Crippen molar-refractivity contribution < 1.29 is 4.42 Å². The molecule has 1 aromatic rings. The van der Waals surface area contributed by atoms with Gasteiger partial charge in [0.1, 0.15) is 6.26 Å². The van der Waals surface area contributed by atoms with Gasteiger partial charge < -0.3 is 14.6 Å². The largest absolute Gasteiger partial charge is 0.449 e. The van der Waals surface area contributed by atoms with E-state index in [9.17, 15) is 0 Å². The molecule has 0 radical (unpaired) electrons. The first-order valence-corrected chi connectivity index (χ1v) is 5.37. The van der Waals surface area contributed by atoms with E-state index >= 15 is 0 Å². The van der Waals surface area contributed by atoms with Crippen molar-refractivity contribution in [3.05, 3.63) is 17.8 Å². The van der Waals surface area contributed by atoms with Crippen molar-refractivity contribution in [2.45, 2.75) is 25.8 Å². The highest BCUT2D eigenvalue weighted by molar-refractivity contribution is 4.99. The zero-order valence-electron chi connectivity index (χ0n) is 10.1. The minimum Gasteiger partial charge on any atom is -0.449 e. The maximum absolute atomic E-state index is 5.39. The fourth-order valence-corrected chi connectivity index (χ4v) is 1.29. The zero-order chi connectivity index (χ0) is 11.3. The monoisotopic (exact) mass is 211 g/mol. The average molecular weight is 211 g/mol. The number of hydrogen-bond donors (Lipinski definition) is 1. The van der Waals surface area contributed by atoms with Crippen LogP contribution >= 0.6 is 0 Å². The van der Waals surface area contributed by atoms with Gasteiger partial charge in [0.15, 0.2) is 5.89 Å². The number of nitrogens with one attached hydrogen (secondary N) is 1. The maximum Gasteiger partial charge on any atom is 0.195 e. The summed E-state index contributed by atoms with van der Waals surface area (Å²) in [6.45, 7) is 3.11. The normalized spacial score (nSPS) is 13.4. The van der Waals surface area contributed by atoms with Crippen LogP contribution in [-0.2, 0) is 12.8 Å². The third kappa shape index (κ3) is 4.44. The summed E-state index contributed by atoms with van der Waals surface area (Å²) in [5, 5.41) is 3.18. The fraction of sp³-hybridized carbons (Fsp3) is 0.727. The highest BCUT2D eigenvalue weighted by atomic mass is 16.3. The third-order valence-electron chi connectivity index (χ3n) is 2.38. The summed E-state index contributed by atoms with van der Waals surface area (Å²) in [5.74, 6) is 0.835. The number of rotatable bonds is 6. The number of oxazole rings is 1. The Morgan fingerprint density at radius 2 is 2.27 bits per heavy atom. The maximum atomic E-state index is 5.39. The topological polar surface area (TPSA) is 41.3 Å². The average Bonchev–Trinajstić information content (AvgIpc) is 2.62. The molecule has 0 fully saturated rings. The van der Waals surface area contributed by atoms with Gasteiger partial charge in [0, 0.05) is 25.4 Å². The van der Waals surface area contributed by atoms with Crippen molar-refractivity contribution in [2.75, 3.05) is 27.7 Å². The molecule has 0 aliphatic rings. The van der Waals surface area contributed by atoms with Gasteiger partial charge in [-0.25, -0.2) is 4.98 Å². The van der Waals surface area contributed by atoms with Gasteiger partial charge in [-0.05, 0) is 28.1 Å². The Balaban J connectivity index is 2.42. The summed E-state index contributed by atoms with van der Waals surface area (Å²) in [7, 11) is 6.05. The molecule has 1 rings (SSSR count). The molecule has 1 atom stereocenters. The van der Waals surface area contributed by atoms with Gasteiger partial charge in [0.25, 0.3) is 0 Å². The Kier molecular flexibility index (Phi) is 4.78. The van der Waals surface area contributed by atoms with Crippen LogP contribution in [0.4, 0.5) is 0 Å². The van der Waals surface area contributed by atoms with E-state index in [0.29, 0.717) is 6.04 Å². The van der Waals surface area contributed by atoms with E-state index in [1.165, 1.54) is 0 Å². The second-order valence-electron chi connectivity index (χ2n) is 4.18. The van der Waals surface area contributed by atoms with Crippen LogP contribution in [-0.4, -0.2) is 43.6 Å². The molecule has 1 unspecified atom stereocenters. The van der Waals surface area contributed by atoms with Crippen LogP contribution in [0.1, 0.15) is 18.5 Å². The van der Waals surface area contributed by atoms with E-state index in [-0.39, 0.29) is 0 Å². The Labute approximate surface area is 91.7 Å². The number of aromatic nitrogens is 1. The van der Waals surface area contributed by atoms with E-state index in [0.717, 1.165) is 31.0 Å². The minimum absolute atomic E-state index is 0.441. The number of hydrogen-bond acceptors (Lipinski definition) is 4. The van der Waals surface area contributed by atoms with Crippen LogP contribution in [0, 0.1) is 0 Å². The lowest BCUT2D eigenvalue weighted by Gasteiger charge is -2.06. The van der Waals surface area contributed by atoms with Crippen molar-refractivity contribution in [3.63, 3.8) is 0 Å². The SMILES string of the molecule is CNC(C)Cc1coc(CCN(C)C)n1. The van der Waals surface area contributed by atoms with E-state index < -0.39 is 0 Å². The Bertz CT molecular complexity index is 283. The van der Waals surface area contributed by atoms with E-state index in [1.54, 1.807) is 6.26 Å². The van der Waals surface area contributed by atoms with E-state index in [1.807, 2.05) is 21.1 Å². The van der Waals surface area contributed by atoms with Crippen molar-refractivity contribution in [1.29, 1.82) is 0 Å². The van der Waals surface area contributed by atoms with Crippen LogP contribution in [0.25, 0.3) is 0 Å². The Morgan fingerprint density at radius 1 is 1.53 bits per heavy atom. The van der Waals surface area contributed by atoms with E-state index in [4.69, 9.17) is 4.42 Å². The quantitative estimate of drug-likeness (QED) is 0.760. The minimum atomic E-state index is 0.441. The first-order valence-electron chi connectivity index (χ1n) is 5.37. The van der Waals surface area contributed by atoms with Gasteiger partial charge in [-0.15, -0.1) is 0 Å². The predicted octanol–water partition coefficient (Wildman–Crippen LogP) is 0.929. The first kappa shape index (κ1) is 12.2. The molecule has 1 heterocycles. The lowest BCUT2D eigenvalue weighted by molar-refractivity contribution is 0.384. The molecule has 0 spiro atoms. The molecule has 0 aromatic carbocycles. The van der Waals surface area contributed by atoms with Gasteiger partial charge in [-0.2, -0.15) is 0 Å². The van der Waals surface area contributed by atoms with Crippen LogP contribution in [0.2, 0.25) is 0 Å². The predicted molar refractivity (Wildman–Crippen MR) is 61.0 cm³/mol. The Hall–Kier alpha value is -0.870. The summed E-state index contributed by atoms with van der Waals surface area (Å²) in [6.07, 6.45) is 3.56. The molecule has 4 nitrogen and oxygen atoms in total. The summed E-state index contributed by atoms with van der Waals surface area (Å²) in [5.41, 5.74) is 1.03. The van der Waals surface area contributed by atoms with Crippen LogP contribution in [0.5, 0.6) is 0 Å². The molecule has 4 heteroatoms. The van der Waals surface area contributed by atoms with Crippen molar-refractivity contribution in [3.8, 4) is 0 Å². The molecule has 15 heavy (non-hydrogen) atoms. The molecule has 0 aliphatic carbocycles. The van der Waals surface area contributed by atoms with Crippen LogP contribution in [0.15, 0.2) is 10.7 Å². The lowest BCUT2D eigenvalue weighted by atomic mass is 10.2. The van der Waals surface area contributed by atoms with Gasteiger partial charge in [0.05, 0.1) is 5.69 Å². The van der Waals surface area contributed by atoms with Crippen LogP contribution in [0.3, 0.4) is 0 Å². The van der Waals surface area contributed by atoms with Gasteiger partial charge in [0.2, 0.25) is 0 Å². The molecule has 0 bridgehead atoms. The molecular weight excluding hydrogens is 190 g/mol. The molecule has 0 aliphatic heterocycles. The van der Waals surface area contributed by atoms with Gasteiger partial charge >= 0.3 is 0 Å². The van der Waals surface area contributed by atoms with Crippen LogP contribution < -0.4 is 5.32 Å². The van der Waals surface area contributed by atoms with Gasteiger partial charge in [-0.3, -0.25) is 0 Å². The zero-order valence-corrected chi connectivity index (χ0v) is 10.1. The molecular formula is C11H21N3O. The highest BCUT2D eigenvalue weighted by Crippen LogP contribution is 2.05. The molecule has 86 valence electrons. The Morgan fingerprint density at radius 3 is 2.87 bits per heavy atom. The summed E-state index contributed by atoms with van der Waals surface area (Å²) >= 11 is 0. The summed E-state index contributed by atoms with van der Waals surface area (Å²) in [6, 6.07) is 0.441. The second kappa shape index (κ2) is 5.88. The first-order chi connectivity index (χ1) is 7.11. The highest BCUT2D eigenvalue weighted by Gasteiger charge is 2.07. The molecule has 1 N–H and O–H groups in total. The van der Waals surface area contributed by atoms with Crippen molar-refractivity contribution in [1.82, 2.24) is 15.2 Å². The smallest absolute Gasteiger partial charge is 0.195 e. The lowest BCUT2D eigenvalue weighted by Crippen LogP contribution is -2.23. The van der Waals surface area contributed by atoms with Crippen molar-refractivity contribution >= 4 is 0 Å². The second-order valence-corrected chi connectivity index (χ2v) is 4.18. The molecule has 0 saturated heterocycles. The molecule has 0 amide bonds. The number of likely N-dealkylation sites (N-methyl/N-ethyl adjacent to an activating group) is 2. The fourth-order valence-electron chi connectivity index (χ4n) is 1.29. The number of nitrogens with zero attached hydrogens (tertiary/aromatic N) is 2. The van der Waals surface area contributed by atoms with Gasteiger partial charge in [-0.1, -0.05) is 0 Å². The standard InChI is InChI=1S/C11H21N3O/c1-9(12-2)7-10-8-15-11(13-10)5-6-14(3)4/h8-9,12H,5-7H2,1-4H3.